The highest BCUT2D eigenvalue weighted by Crippen LogP contribution is 2.24. The van der Waals surface area contributed by atoms with Gasteiger partial charge in [-0.3, -0.25) is 0 Å². The van der Waals surface area contributed by atoms with Crippen molar-refractivity contribution in [2.45, 2.75) is 24.1 Å². The van der Waals surface area contributed by atoms with Crippen LogP contribution in [-0.4, -0.2) is 70.8 Å². The molecule has 4 atom stereocenters. The van der Waals surface area contributed by atoms with Crippen molar-refractivity contribution in [2.24, 2.45) is 0 Å². The summed E-state index contributed by atoms with van der Waals surface area (Å²) >= 11 is 0. The number of methoxy groups -OCH3 is 1. The highest BCUT2D eigenvalue weighted by Gasteiger charge is 2.48. The van der Waals surface area contributed by atoms with Crippen molar-refractivity contribution >= 4 is 11.7 Å². The maximum absolute atomic E-state index is 11.3. The van der Waals surface area contributed by atoms with Gasteiger partial charge in [0.1, 0.15) is 18.3 Å². The Bertz CT molecular complexity index is 520. The lowest BCUT2D eigenvalue weighted by Crippen LogP contribution is -2.63. The van der Waals surface area contributed by atoms with E-state index in [1.165, 1.54) is 19.2 Å². The fourth-order valence-corrected chi connectivity index (χ4v) is 2.12. The van der Waals surface area contributed by atoms with Gasteiger partial charge in [-0.15, -0.1) is 0 Å². The first-order valence-corrected chi connectivity index (χ1v) is 6.70. The van der Waals surface area contributed by atoms with E-state index >= 15 is 0 Å². The number of carbonyl (C=O) groups excluding carboxylic acids is 1. The van der Waals surface area contributed by atoms with E-state index in [2.05, 4.69) is 10.1 Å². The lowest BCUT2D eigenvalue weighted by atomic mass is 9.97. The van der Waals surface area contributed by atoms with Crippen LogP contribution in [-0.2, 0) is 9.47 Å². The summed E-state index contributed by atoms with van der Waals surface area (Å²) in [6, 6.07) is 6.26. The summed E-state index contributed by atoms with van der Waals surface area (Å²) in [4.78, 5) is 11.3. The number of benzene rings is 1. The lowest BCUT2D eigenvalue weighted by molar-refractivity contribution is -0.313. The van der Waals surface area contributed by atoms with Crippen LogP contribution >= 0.6 is 0 Å². The molecule has 0 saturated carbocycles. The second-order valence-electron chi connectivity index (χ2n) is 5.08. The second kappa shape index (κ2) is 6.59. The second-order valence-corrected chi connectivity index (χ2v) is 5.08. The van der Waals surface area contributed by atoms with Crippen LogP contribution in [0, 0.1) is 0 Å². The normalized spacial score (nSPS) is 31.6. The maximum Gasteiger partial charge on any atom is 0.337 e. The number of ether oxygens (including phenoxy) is 2. The van der Waals surface area contributed by atoms with E-state index in [1.54, 1.807) is 12.1 Å². The van der Waals surface area contributed by atoms with Crippen LogP contribution in [0.25, 0.3) is 0 Å². The Morgan fingerprint density at radius 2 is 2.00 bits per heavy atom. The number of esters is 1. The van der Waals surface area contributed by atoms with Crippen molar-refractivity contribution in [2.75, 3.05) is 25.6 Å². The van der Waals surface area contributed by atoms with E-state index in [0.717, 1.165) is 0 Å². The molecule has 0 aliphatic carbocycles. The van der Waals surface area contributed by atoms with Gasteiger partial charge in [-0.2, -0.15) is 0 Å². The molecule has 8 heteroatoms. The molecule has 0 amide bonds. The summed E-state index contributed by atoms with van der Waals surface area (Å²) in [7, 11) is 1.28. The fraction of sp³-hybridized carbons (Fsp3) is 0.500. The van der Waals surface area contributed by atoms with Gasteiger partial charge in [-0.25, -0.2) is 4.79 Å². The molecular weight excluding hydrogens is 294 g/mol. The number of aliphatic hydroxyl groups excluding tert-OH is 3. The summed E-state index contributed by atoms with van der Waals surface area (Å²) in [5, 5.41) is 41.8. The molecule has 5 N–H and O–H groups in total. The van der Waals surface area contributed by atoms with E-state index in [1.807, 2.05) is 0 Å². The van der Waals surface area contributed by atoms with E-state index in [0.29, 0.717) is 11.3 Å². The Hall–Kier alpha value is -1.71. The van der Waals surface area contributed by atoms with E-state index in [4.69, 9.17) is 4.74 Å². The zero-order valence-electron chi connectivity index (χ0n) is 12.0. The van der Waals surface area contributed by atoms with Crippen molar-refractivity contribution in [1.29, 1.82) is 0 Å². The van der Waals surface area contributed by atoms with Gasteiger partial charge in [0.2, 0.25) is 5.79 Å². The molecule has 8 nitrogen and oxygen atoms in total. The minimum atomic E-state index is -2.03. The molecular formula is C14H19NO7. The number of hydrogen-bond donors (Lipinski definition) is 5. The first-order valence-electron chi connectivity index (χ1n) is 6.70. The number of rotatable bonds is 4. The number of nitrogens with one attached hydrogen (secondary N) is 1. The predicted octanol–water partition coefficient (Wildman–Crippen LogP) is -1.31. The minimum absolute atomic E-state index is 0.213. The predicted molar refractivity (Wildman–Crippen MR) is 75.2 cm³/mol. The van der Waals surface area contributed by atoms with Crippen molar-refractivity contribution in [3.05, 3.63) is 29.8 Å². The van der Waals surface area contributed by atoms with Gasteiger partial charge in [0.15, 0.2) is 0 Å². The molecule has 1 aliphatic heterocycles. The topological polar surface area (TPSA) is 128 Å². The van der Waals surface area contributed by atoms with Crippen LogP contribution in [0.2, 0.25) is 0 Å². The molecule has 0 radical (unpaired) electrons. The molecule has 1 saturated heterocycles. The van der Waals surface area contributed by atoms with Gasteiger partial charge < -0.3 is 35.2 Å². The van der Waals surface area contributed by atoms with Gasteiger partial charge >= 0.3 is 5.97 Å². The summed E-state index contributed by atoms with van der Waals surface area (Å²) in [6.45, 7) is -0.507. The third-order valence-electron chi connectivity index (χ3n) is 3.54. The van der Waals surface area contributed by atoms with E-state index in [-0.39, 0.29) is 13.2 Å². The van der Waals surface area contributed by atoms with Crippen LogP contribution in [0.15, 0.2) is 24.3 Å². The maximum atomic E-state index is 11.3. The fourth-order valence-electron chi connectivity index (χ4n) is 2.12. The number of carbonyl (C=O) groups is 1. The SMILES string of the molecule is COC(=O)c1ccc(NCC2(O)OCC(O)C(O)C2O)cc1. The summed E-state index contributed by atoms with van der Waals surface area (Å²) in [5.74, 6) is -2.49. The largest absolute Gasteiger partial charge is 0.465 e. The molecule has 1 aromatic rings. The van der Waals surface area contributed by atoms with Gasteiger partial charge in [0, 0.05) is 5.69 Å². The lowest BCUT2D eigenvalue weighted by Gasteiger charge is -2.41. The first kappa shape index (κ1) is 16.7. The molecule has 0 spiro atoms. The molecule has 1 heterocycles. The Morgan fingerprint density at radius 1 is 1.36 bits per heavy atom. The first-order chi connectivity index (χ1) is 10.4. The van der Waals surface area contributed by atoms with E-state index < -0.39 is 30.1 Å². The molecule has 0 aromatic heterocycles. The van der Waals surface area contributed by atoms with Gasteiger partial charge in [0.05, 0.1) is 25.8 Å². The molecule has 4 unspecified atom stereocenters. The highest BCUT2D eigenvalue weighted by atomic mass is 16.6. The molecule has 22 heavy (non-hydrogen) atoms. The van der Waals surface area contributed by atoms with Crippen LogP contribution in [0.5, 0.6) is 0 Å². The molecule has 1 aliphatic rings. The Balaban J connectivity index is 1.98. The number of hydrogen-bond acceptors (Lipinski definition) is 8. The summed E-state index contributed by atoms with van der Waals surface area (Å²) < 4.78 is 9.60. The van der Waals surface area contributed by atoms with Gasteiger partial charge in [-0.1, -0.05) is 0 Å². The van der Waals surface area contributed by atoms with Gasteiger partial charge in [-0.05, 0) is 24.3 Å². The molecule has 122 valence electrons. The molecule has 0 bridgehead atoms. The van der Waals surface area contributed by atoms with Crippen molar-refractivity contribution in [3.8, 4) is 0 Å². The summed E-state index contributed by atoms with van der Waals surface area (Å²) in [5.41, 5.74) is 0.941. The molecule has 1 aromatic carbocycles. The molecule has 1 fully saturated rings. The number of anilines is 1. The molecule has 2 rings (SSSR count). The Morgan fingerprint density at radius 3 is 2.59 bits per heavy atom. The monoisotopic (exact) mass is 313 g/mol. The Labute approximate surface area is 126 Å². The van der Waals surface area contributed by atoms with Crippen LogP contribution in [0.4, 0.5) is 5.69 Å². The van der Waals surface area contributed by atoms with Crippen LogP contribution < -0.4 is 5.32 Å². The van der Waals surface area contributed by atoms with Crippen molar-refractivity contribution in [1.82, 2.24) is 0 Å². The average Bonchev–Trinajstić information content (AvgIpc) is 2.55. The van der Waals surface area contributed by atoms with Gasteiger partial charge in [0.25, 0.3) is 0 Å². The van der Waals surface area contributed by atoms with Crippen molar-refractivity contribution in [3.63, 3.8) is 0 Å². The van der Waals surface area contributed by atoms with Crippen molar-refractivity contribution < 1.29 is 34.7 Å². The van der Waals surface area contributed by atoms with Crippen LogP contribution in [0.3, 0.4) is 0 Å². The standard InChI is InChI=1S/C14H19NO7/c1-21-13(19)8-2-4-9(5-3-8)15-7-14(20)12(18)11(17)10(16)6-22-14/h2-5,10-12,15-18,20H,6-7H2,1H3. The Kier molecular flexibility index (Phi) is 4.99. The third kappa shape index (κ3) is 3.37. The quantitative estimate of drug-likeness (QED) is 0.433. The highest BCUT2D eigenvalue weighted by molar-refractivity contribution is 5.89. The average molecular weight is 313 g/mol. The van der Waals surface area contributed by atoms with Crippen LogP contribution in [0.1, 0.15) is 10.4 Å². The third-order valence-corrected chi connectivity index (χ3v) is 3.54. The summed E-state index contributed by atoms with van der Waals surface area (Å²) in [6.07, 6.45) is -4.41. The minimum Gasteiger partial charge on any atom is -0.465 e. The zero-order chi connectivity index (χ0) is 16.3. The van der Waals surface area contributed by atoms with E-state index in [9.17, 15) is 25.2 Å². The zero-order valence-corrected chi connectivity index (χ0v) is 12.0. The number of aliphatic hydroxyl groups is 4. The smallest absolute Gasteiger partial charge is 0.337 e.